The highest BCUT2D eigenvalue weighted by molar-refractivity contribution is 5.86. The van der Waals surface area contributed by atoms with Crippen molar-refractivity contribution in [1.82, 2.24) is 9.55 Å². The van der Waals surface area contributed by atoms with Gasteiger partial charge < -0.3 is 9.67 Å². The Morgan fingerprint density at radius 3 is 2.58 bits per heavy atom. The van der Waals surface area contributed by atoms with Crippen LogP contribution < -0.4 is 0 Å². The van der Waals surface area contributed by atoms with Gasteiger partial charge in [0.25, 0.3) is 5.69 Å². The minimum atomic E-state index is -1.05. The summed E-state index contributed by atoms with van der Waals surface area (Å²) in [6.45, 7) is 0.428. The van der Waals surface area contributed by atoms with Crippen LogP contribution in [0.1, 0.15) is 11.4 Å². The number of aromatic nitrogens is 2. The summed E-state index contributed by atoms with van der Waals surface area (Å²) >= 11 is 0. The Labute approximate surface area is 136 Å². The smallest absolute Gasteiger partial charge is 0.328 e. The average Bonchev–Trinajstić information content (AvgIpc) is 2.91. The number of hydrogen-bond acceptors (Lipinski definition) is 4. The Bertz CT molecular complexity index is 942. The molecule has 1 aromatic heterocycles. The van der Waals surface area contributed by atoms with Crippen molar-refractivity contribution in [2.45, 2.75) is 6.54 Å². The summed E-state index contributed by atoms with van der Waals surface area (Å²) in [6.07, 6.45) is 2.47. The van der Waals surface area contributed by atoms with Gasteiger partial charge in [0.1, 0.15) is 5.82 Å². The quantitative estimate of drug-likeness (QED) is 0.442. The molecule has 0 aliphatic heterocycles. The van der Waals surface area contributed by atoms with Crippen molar-refractivity contribution in [3.63, 3.8) is 0 Å². The van der Waals surface area contributed by atoms with Gasteiger partial charge in [-0.25, -0.2) is 9.78 Å². The van der Waals surface area contributed by atoms with E-state index in [1.807, 2.05) is 28.8 Å². The number of imidazole rings is 1. The molecule has 0 bridgehead atoms. The first-order valence-electron chi connectivity index (χ1n) is 7.14. The van der Waals surface area contributed by atoms with Gasteiger partial charge in [0.05, 0.1) is 16.0 Å². The predicted molar refractivity (Wildman–Crippen MR) is 88.6 cm³/mol. The van der Waals surface area contributed by atoms with Crippen LogP contribution in [0.3, 0.4) is 0 Å². The average molecular weight is 323 g/mol. The fraction of sp³-hybridized carbons (Fsp3) is 0.0588. The van der Waals surface area contributed by atoms with Crippen LogP contribution in [0.25, 0.3) is 17.1 Å². The third-order valence-electron chi connectivity index (χ3n) is 3.55. The third-order valence-corrected chi connectivity index (χ3v) is 3.55. The van der Waals surface area contributed by atoms with Gasteiger partial charge >= 0.3 is 5.97 Å². The number of nitro benzene ring substituents is 1. The van der Waals surface area contributed by atoms with E-state index in [0.717, 1.165) is 22.7 Å². The first-order valence-corrected chi connectivity index (χ1v) is 7.14. The standard InChI is InChI=1S/C17H13N3O4/c21-17(22)10-9-16-18-14-3-1-2-4-15(14)19(16)11-12-5-7-13(8-6-12)20(23)24/h1-10H,11H2,(H,21,22). The molecule has 0 aliphatic carbocycles. The van der Waals surface area contributed by atoms with Gasteiger partial charge in [-0.1, -0.05) is 24.3 Å². The SMILES string of the molecule is O=C(O)C=Cc1nc2ccccc2n1Cc1ccc([N+](=O)[O-])cc1. The molecule has 0 radical (unpaired) electrons. The zero-order valence-corrected chi connectivity index (χ0v) is 12.5. The predicted octanol–water partition coefficient (Wildman–Crippen LogP) is 3.09. The number of para-hydroxylation sites is 2. The number of carboxylic acids is 1. The molecule has 0 unspecified atom stereocenters. The molecule has 2 aromatic carbocycles. The monoisotopic (exact) mass is 323 g/mol. The van der Waals surface area contributed by atoms with Gasteiger partial charge in [0.2, 0.25) is 0 Å². The topological polar surface area (TPSA) is 98.3 Å². The van der Waals surface area contributed by atoms with Crippen LogP contribution in [-0.2, 0) is 11.3 Å². The van der Waals surface area contributed by atoms with Crippen molar-refractivity contribution in [1.29, 1.82) is 0 Å². The second kappa shape index (κ2) is 6.33. The van der Waals surface area contributed by atoms with Crippen molar-refractivity contribution in [2.24, 2.45) is 0 Å². The molecule has 1 N–H and O–H groups in total. The molecule has 0 amide bonds. The van der Waals surface area contributed by atoms with Crippen molar-refractivity contribution >= 4 is 28.8 Å². The minimum absolute atomic E-state index is 0.0280. The molecule has 7 nitrogen and oxygen atoms in total. The van der Waals surface area contributed by atoms with Crippen LogP contribution in [0.5, 0.6) is 0 Å². The summed E-state index contributed by atoms with van der Waals surface area (Å²) in [5.74, 6) is -0.541. The van der Waals surface area contributed by atoms with Crippen molar-refractivity contribution in [3.05, 3.63) is 76.1 Å². The first-order chi connectivity index (χ1) is 11.5. The second-order valence-corrected chi connectivity index (χ2v) is 5.14. The van der Waals surface area contributed by atoms with E-state index in [-0.39, 0.29) is 5.69 Å². The summed E-state index contributed by atoms with van der Waals surface area (Å²) in [5, 5.41) is 19.6. The largest absolute Gasteiger partial charge is 0.478 e. The lowest BCUT2D eigenvalue weighted by atomic mass is 10.2. The van der Waals surface area contributed by atoms with E-state index in [1.54, 1.807) is 12.1 Å². The number of carbonyl (C=O) groups is 1. The Morgan fingerprint density at radius 2 is 1.92 bits per heavy atom. The van der Waals surface area contributed by atoms with Crippen LogP contribution in [0.2, 0.25) is 0 Å². The molecule has 0 fully saturated rings. The number of hydrogen-bond donors (Lipinski definition) is 1. The maximum Gasteiger partial charge on any atom is 0.328 e. The maximum absolute atomic E-state index is 10.8. The normalized spacial score (nSPS) is 11.2. The fourth-order valence-corrected chi connectivity index (χ4v) is 2.44. The van der Waals surface area contributed by atoms with Crippen LogP contribution in [0.4, 0.5) is 5.69 Å². The van der Waals surface area contributed by atoms with Crippen LogP contribution in [-0.4, -0.2) is 25.6 Å². The molecular weight excluding hydrogens is 310 g/mol. The van der Waals surface area contributed by atoms with Crippen molar-refractivity contribution < 1.29 is 14.8 Å². The van der Waals surface area contributed by atoms with Crippen molar-refractivity contribution in [2.75, 3.05) is 0 Å². The number of aliphatic carboxylic acids is 1. The molecule has 120 valence electrons. The highest BCUT2D eigenvalue weighted by atomic mass is 16.6. The van der Waals surface area contributed by atoms with Gasteiger partial charge in [0.15, 0.2) is 0 Å². The maximum atomic E-state index is 10.8. The van der Waals surface area contributed by atoms with E-state index in [2.05, 4.69) is 4.98 Å². The zero-order valence-electron chi connectivity index (χ0n) is 12.5. The van der Waals surface area contributed by atoms with E-state index < -0.39 is 10.9 Å². The lowest BCUT2D eigenvalue weighted by Crippen LogP contribution is -2.02. The molecule has 7 heteroatoms. The molecule has 1 heterocycles. The summed E-state index contributed by atoms with van der Waals surface area (Å²) in [6, 6.07) is 13.7. The lowest BCUT2D eigenvalue weighted by molar-refractivity contribution is -0.384. The van der Waals surface area contributed by atoms with Crippen molar-refractivity contribution in [3.8, 4) is 0 Å². The molecular formula is C17H13N3O4. The number of rotatable bonds is 5. The van der Waals surface area contributed by atoms with Crippen LogP contribution in [0, 0.1) is 10.1 Å². The van der Waals surface area contributed by atoms with Gasteiger partial charge in [-0.3, -0.25) is 10.1 Å². The highest BCUT2D eigenvalue weighted by Gasteiger charge is 2.10. The molecule has 24 heavy (non-hydrogen) atoms. The molecule has 0 saturated carbocycles. The molecule has 0 aliphatic rings. The van der Waals surface area contributed by atoms with Gasteiger partial charge in [0, 0.05) is 24.8 Å². The molecule has 0 spiro atoms. The first kappa shape index (κ1) is 15.4. The molecule has 0 atom stereocenters. The number of nitro groups is 1. The lowest BCUT2D eigenvalue weighted by Gasteiger charge is -2.07. The number of fused-ring (bicyclic) bond motifs is 1. The summed E-state index contributed by atoms with van der Waals surface area (Å²) in [4.78, 5) is 25.5. The van der Waals surface area contributed by atoms with Crippen LogP contribution >= 0.6 is 0 Å². The van der Waals surface area contributed by atoms with E-state index in [9.17, 15) is 14.9 Å². The van der Waals surface area contributed by atoms with E-state index >= 15 is 0 Å². The van der Waals surface area contributed by atoms with Gasteiger partial charge in [-0.2, -0.15) is 0 Å². The third kappa shape index (κ3) is 3.14. The fourth-order valence-electron chi connectivity index (χ4n) is 2.44. The van der Waals surface area contributed by atoms with E-state index in [4.69, 9.17) is 5.11 Å². The Kier molecular flexibility index (Phi) is 4.07. The molecule has 0 saturated heterocycles. The number of non-ortho nitro benzene ring substituents is 1. The second-order valence-electron chi connectivity index (χ2n) is 5.14. The minimum Gasteiger partial charge on any atom is -0.478 e. The summed E-state index contributed by atoms with van der Waals surface area (Å²) in [7, 11) is 0. The Hall–Kier alpha value is -3.48. The Balaban J connectivity index is 2.01. The van der Waals surface area contributed by atoms with E-state index in [0.29, 0.717) is 12.4 Å². The van der Waals surface area contributed by atoms with Gasteiger partial charge in [-0.15, -0.1) is 0 Å². The zero-order chi connectivity index (χ0) is 17.1. The van der Waals surface area contributed by atoms with Crippen LogP contribution in [0.15, 0.2) is 54.6 Å². The van der Waals surface area contributed by atoms with Gasteiger partial charge in [-0.05, 0) is 23.8 Å². The number of nitrogens with zero attached hydrogens (tertiary/aromatic N) is 3. The molecule has 3 rings (SSSR count). The number of benzene rings is 2. The number of carboxylic acid groups (broad SMARTS) is 1. The molecule has 3 aromatic rings. The summed E-state index contributed by atoms with van der Waals surface area (Å²) in [5.41, 5.74) is 2.50. The van der Waals surface area contributed by atoms with E-state index in [1.165, 1.54) is 18.2 Å². The highest BCUT2D eigenvalue weighted by Crippen LogP contribution is 2.20. The summed E-state index contributed by atoms with van der Waals surface area (Å²) < 4.78 is 1.87. The Morgan fingerprint density at radius 1 is 1.21 bits per heavy atom.